The molecular weight excluding hydrogens is 356 g/mol. The molecule has 0 saturated heterocycles. The Labute approximate surface area is 153 Å². The SMILES string of the molecule is CNC(=O)Nc1ccc2c(c1)C(COC(C)=O)c1cc(S(=O)O)ccc1-2. The van der Waals surface area contributed by atoms with Crippen molar-refractivity contribution < 1.29 is 23.1 Å². The van der Waals surface area contributed by atoms with Gasteiger partial charge in [0.2, 0.25) is 0 Å². The number of ether oxygens (including phenoxy) is 1. The third-order valence-corrected chi connectivity index (χ3v) is 4.91. The average Bonchev–Trinajstić information content (AvgIpc) is 2.91. The van der Waals surface area contributed by atoms with Crippen LogP contribution in [0.4, 0.5) is 10.5 Å². The number of hydrogen-bond acceptors (Lipinski definition) is 4. The van der Waals surface area contributed by atoms with Crippen molar-refractivity contribution in [1.82, 2.24) is 5.32 Å². The summed E-state index contributed by atoms with van der Waals surface area (Å²) in [5, 5.41) is 5.21. The second kappa shape index (κ2) is 7.27. The number of rotatable bonds is 4. The summed E-state index contributed by atoms with van der Waals surface area (Å²) < 4.78 is 26.0. The first-order valence-electron chi connectivity index (χ1n) is 7.92. The molecule has 3 N–H and O–H groups in total. The molecule has 7 nitrogen and oxygen atoms in total. The van der Waals surface area contributed by atoms with Gasteiger partial charge >= 0.3 is 12.0 Å². The number of carbonyl (C=O) groups is 2. The summed E-state index contributed by atoms with van der Waals surface area (Å²) in [6.45, 7) is 1.44. The van der Waals surface area contributed by atoms with Gasteiger partial charge in [-0.05, 0) is 46.5 Å². The summed E-state index contributed by atoms with van der Waals surface area (Å²) in [5.41, 5.74) is 4.16. The lowest BCUT2D eigenvalue weighted by Crippen LogP contribution is -2.24. The maximum atomic E-state index is 11.6. The molecule has 0 aliphatic heterocycles. The van der Waals surface area contributed by atoms with Crippen LogP contribution in [0, 0.1) is 0 Å². The Morgan fingerprint density at radius 2 is 1.81 bits per heavy atom. The molecule has 8 heteroatoms. The molecule has 0 radical (unpaired) electrons. The Kier molecular flexibility index (Phi) is 5.06. The zero-order chi connectivity index (χ0) is 18.8. The molecule has 2 unspecified atom stereocenters. The molecular formula is C18H18N2O5S. The minimum Gasteiger partial charge on any atom is -0.465 e. The predicted molar refractivity (Wildman–Crippen MR) is 97.5 cm³/mol. The van der Waals surface area contributed by atoms with Crippen LogP contribution in [-0.2, 0) is 20.6 Å². The highest BCUT2D eigenvalue weighted by Gasteiger charge is 2.30. The monoisotopic (exact) mass is 374 g/mol. The molecule has 2 aromatic rings. The van der Waals surface area contributed by atoms with Gasteiger partial charge in [0, 0.05) is 25.6 Å². The summed E-state index contributed by atoms with van der Waals surface area (Å²) in [5.74, 6) is -0.680. The molecule has 0 saturated carbocycles. The second-order valence-corrected chi connectivity index (χ2v) is 6.83. The van der Waals surface area contributed by atoms with Gasteiger partial charge in [-0.3, -0.25) is 4.79 Å². The van der Waals surface area contributed by atoms with Crippen molar-refractivity contribution in [2.45, 2.75) is 17.7 Å². The van der Waals surface area contributed by atoms with E-state index in [1.165, 1.54) is 14.0 Å². The van der Waals surface area contributed by atoms with Crippen LogP contribution in [0.2, 0.25) is 0 Å². The third-order valence-electron chi connectivity index (χ3n) is 4.26. The smallest absolute Gasteiger partial charge is 0.318 e. The Hall–Kier alpha value is -2.71. The summed E-state index contributed by atoms with van der Waals surface area (Å²) >= 11 is -2.10. The van der Waals surface area contributed by atoms with E-state index in [0.717, 1.165) is 22.3 Å². The number of esters is 1. The zero-order valence-corrected chi connectivity index (χ0v) is 15.1. The molecule has 136 valence electrons. The van der Waals surface area contributed by atoms with Crippen molar-refractivity contribution in [3.8, 4) is 11.1 Å². The van der Waals surface area contributed by atoms with Crippen molar-refractivity contribution in [2.75, 3.05) is 19.0 Å². The first-order valence-corrected chi connectivity index (χ1v) is 9.02. The normalized spacial score (nSPS) is 15.6. The number of urea groups is 1. The number of hydrogen-bond donors (Lipinski definition) is 3. The molecule has 26 heavy (non-hydrogen) atoms. The highest BCUT2D eigenvalue weighted by atomic mass is 32.2. The summed E-state index contributed by atoms with van der Waals surface area (Å²) in [6.07, 6.45) is 0. The highest BCUT2D eigenvalue weighted by molar-refractivity contribution is 7.79. The van der Waals surface area contributed by atoms with Crippen LogP contribution >= 0.6 is 0 Å². The van der Waals surface area contributed by atoms with Gasteiger partial charge in [-0.25, -0.2) is 9.00 Å². The Balaban J connectivity index is 2.06. The standard InChI is InChI=1S/C18H18N2O5S/c1-10(21)25-9-17-15-7-11(20-18(22)19-2)3-5-13(15)14-6-4-12(26(23)24)8-16(14)17/h3-8,17H,9H2,1-2H3,(H,23,24)(H2,19,20,22). The predicted octanol–water partition coefficient (Wildman–Crippen LogP) is 2.69. The summed E-state index contributed by atoms with van der Waals surface area (Å²) in [6, 6.07) is 10.2. The fraction of sp³-hybridized carbons (Fsp3) is 0.222. The van der Waals surface area contributed by atoms with E-state index in [-0.39, 0.29) is 23.5 Å². The van der Waals surface area contributed by atoms with Crippen molar-refractivity contribution in [3.63, 3.8) is 0 Å². The van der Waals surface area contributed by atoms with E-state index in [9.17, 15) is 18.4 Å². The van der Waals surface area contributed by atoms with Gasteiger partial charge in [-0.15, -0.1) is 0 Å². The van der Waals surface area contributed by atoms with Crippen molar-refractivity contribution in [3.05, 3.63) is 47.5 Å². The highest BCUT2D eigenvalue weighted by Crippen LogP contribution is 2.46. The topological polar surface area (TPSA) is 105 Å². The lowest BCUT2D eigenvalue weighted by atomic mass is 9.97. The quantitative estimate of drug-likeness (QED) is 0.564. The molecule has 0 fully saturated rings. The van der Waals surface area contributed by atoms with E-state index in [0.29, 0.717) is 5.69 Å². The van der Waals surface area contributed by atoms with E-state index in [1.807, 2.05) is 12.1 Å². The number of anilines is 1. The summed E-state index contributed by atoms with van der Waals surface area (Å²) in [7, 11) is 1.53. The Bertz CT molecular complexity index is 912. The lowest BCUT2D eigenvalue weighted by Gasteiger charge is -2.15. The molecule has 2 aromatic carbocycles. The van der Waals surface area contributed by atoms with Crippen LogP contribution in [0.5, 0.6) is 0 Å². The van der Waals surface area contributed by atoms with Gasteiger partial charge in [-0.1, -0.05) is 12.1 Å². The van der Waals surface area contributed by atoms with Gasteiger partial charge in [0.15, 0.2) is 11.1 Å². The van der Waals surface area contributed by atoms with Gasteiger partial charge in [0.1, 0.15) is 6.61 Å². The molecule has 1 aliphatic carbocycles. The van der Waals surface area contributed by atoms with Crippen molar-refractivity contribution >= 4 is 28.8 Å². The maximum absolute atomic E-state index is 11.6. The second-order valence-electron chi connectivity index (χ2n) is 5.86. The fourth-order valence-electron chi connectivity index (χ4n) is 3.10. The lowest BCUT2D eigenvalue weighted by molar-refractivity contribution is -0.141. The number of carbonyl (C=O) groups excluding carboxylic acids is 2. The van der Waals surface area contributed by atoms with Gasteiger partial charge in [-0.2, -0.15) is 0 Å². The summed E-state index contributed by atoms with van der Waals surface area (Å²) in [4.78, 5) is 23.1. The van der Waals surface area contributed by atoms with E-state index < -0.39 is 17.0 Å². The first-order chi connectivity index (χ1) is 12.4. The van der Waals surface area contributed by atoms with Gasteiger partial charge in [0.25, 0.3) is 0 Å². The van der Waals surface area contributed by atoms with Crippen LogP contribution in [-0.4, -0.2) is 34.4 Å². The van der Waals surface area contributed by atoms with Gasteiger partial charge < -0.3 is 19.9 Å². The molecule has 0 heterocycles. The van der Waals surface area contributed by atoms with E-state index in [2.05, 4.69) is 10.6 Å². The molecule has 0 spiro atoms. The Morgan fingerprint density at radius 1 is 1.15 bits per heavy atom. The van der Waals surface area contributed by atoms with Crippen LogP contribution in [0.1, 0.15) is 24.0 Å². The van der Waals surface area contributed by atoms with E-state index in [4.69, 9.17) is 4.74 Å². The zero-order valence-electron chi connectivity index (χ0n) is 14.2. The van der Waals surface area contributed by atoms with E-state index >= 15 is 0 Å². The van der Waals surface area contributed by atoms with Crippen molar-refractivity contribution in [1.29, 1.82) is 0 Å². The molecule has 0 aromatic heterocycles. The largest absolute Gasteiger partial charge is 0.465 e. The third kappa shape index (κ3) is 3.47. The van der Waals surface area contributed by atoms with E-state index in [1.54, 1.807) is 24.3 Å². The maximum Gasteiger partial charge on any atom is 0.318 e. The van der Waals surface area contributed by atoms with Crippen LogP contribution in [0.25, 0.3) is 11.1 Å². The van der Waals surface area contributed by atoms with Crippen LogP contribution in [0.15, 0.2) is 41.3 Å². The molecule has 0 bridgehead atoms. The number of benzene rings is 2. The number of amides is 2. The molecule has 3 rings (SSSR count). The number of fused-ring (bicyclic) bond motifs is 3. The Morgan fingerprint density at radius 3 is 2.42 bits per heavy atom. The van der Waals surface area contributed by atoms with Crippen LogP contribution < -0.4 is 10.6 Å². The minimum atomic E-state index is -2.10. The number of nitrogens with one attached hydrogen (secondary N) is 2. The average molecular weight is 374 g/mol. The fourth-order valence-corrected chi connectivity index (χ4v) is 3.51. The van der Waals surface area contributed by atoms with Gasteiger partial charge in [0.05, 0.1) is 4.90 Å². The molecule has 2 amide bonds. The molecule has 2 atom stereocenters. The minimum absolute atomic E-state index is 0.111. The van der Waals surface area contributed by atoms with Crippen LogP contribution in [0.3, 0.4) is 0 Å². The van der Waals surface area contributed by atoms with Crippen molar-refractivity contribution in [2.24, 2.45) is 0 Å². The first kappa shape index (κ1) is 18.1. The molecule has 1 aliphatic rings.